The van der Waals surface area contributed by atoms with Gasteiger partial charge in [0.2, 0.25) is 5.82 Å². The van der Waals surface area contributed by atoms with Crippen molar-refractivity contribution in [2.24, 2.45) is 0 Å². The van der Waals surface area contributed by atoms with Gasteiger partial charge in [-0.3, -0.25) is 10.1 Å². The zero-order valence-corrected chi connectivity index (χ0v) is 13.0. The van der Waals surface area contributed by atoms with E-state index in [2.05, 4.69) is 25.4 Å². The number of carbonyl (C=O) groups excluding carboxylic acids is 1. The van der Waals surface area contributed by atoms with Crippen LogP contribution in [-0.4, -0.2) is 30.5 Å². The summed E-state index contributed by atoms with van der Waals surface area (Å²) in [5, 5.41) is 9.56. The summed E-state index contributed by atoms with van der Waals surface area (Å²) in [5.41, 5.74) is 2.80. The summed E-state index contributed by atoms with van der Waals surface area (Å²) in [6.07, 6.45) is 2.38. The first-order valence-electron chi connectivity index (χ1n) is 7.08. The van der Waals surface area contributed by atoms with Crippen molar-refractivity contribution in [2.75, 3.05) is 5.32 Å². The SMILES string of the molecule is Cc1cc(C)n2nc(C(=O)Nc3nc(C4CC4)cs3)nc2n1. The second-order valence-corrected chi connectivity index (χ2v) is 6.35. The second kappa shape index (κ2) is 4.84. The van der Waals surface area contributed by atoms with Crippen molar-refractivity contribution in [3.05, 3.63) is 34.4 Å². The molecule has 4 rings (SSSR count). The summed E-state index contributed by atoms with van der Waals surface area (Å²) in [6.45, 7) is 3.79. The third kappa shape index (κ3) is 2.35. The van der Waals surface area contributed by atoms with Gasteiger partial charge in [0.15, 0.2) is 5.13 Å². The van der Waals surface area contributed by atoms with Crippen molar-refractivity contribution >= 4 is 28.2 Å². The second-order valence-electron chi connectivity index (χ2n) is 5.49. The molecule has 22 heavy (non-hydrogen) atoms. The summed E-state index contributed by atoms with van der Waals surface area (Å²) < 4.78 is 1.57. The fraction of sp³-hybridized carbons (Fsp3) is 0.357. The van der Waals surface area contributed by atoms with E-state index in [0.29, 0.717) is 16.8 Å². The summed E-state index contributed by atoms with van der Waals surface area (Å²) in [7, 11) is 0. The lowest BCUT2D eigenvalue weighted by Gasteiger charge is -1.97. The molecule has 0 saturated heterocycles. The summed E-state index contributed by atoms with van der Waals surface area (Å²) in [4.78, 5) is 25.2. The quantitative estimate of drug-likeness (QED) is 0.802. The van der Waals surface area contributed by atoms with Gasteiger partial charge < -0.3 is 0 Å². The van der Waals surface area contributed by atoms with E-state index in [1.54, 1.807) is 4.52 Å². The number of rotatable bonds is 3. The third-order valence-electron chi connectivity index (χ3n) is 3.56. The first-order valence-corrected chi connectivity index (χ1v) is 7.96. The average Bonchev–Trinajstić information content (AvgIpc) is 3.05. The minimum absolute atomic E-state index is 0.101. The van der Waals surface area contributed by atoms with Crippen LogP contribution in [0.2, 0.25) is 0 Å². The first-order chi connectivity index (χ1) is 10.6. The smallest absolute Gasteiger partial charge is 0.295 e. The summed E-state index contributed by atoms with van der Waals surface area (Å²) in [5.74, 6) is 0.745. The van der Waals surface area contributed by atoms with Crippen LogP contribution in [-0.2, 0) is 0 Å². The molecule has 1 N–H and O–H groups in total. The number of hydrogen-bond acceptors (Lipinski definition) is 6. The third-order valence-corrected chi connectivity index (χ3v) is 4.34. The predicted molar refractivity (Wildman–Crippen MR) is 82.3 cm³/mol. The maximum atomic E-state index is 12.3. The van der Waals surface area contributed by atoms with Crippen molar-refractivity contribution in [2.45, 2.75) is 32.6 Å². The predicted octanol–water partition coefficient (Wildman–Crippen LogP) is 2.33. The molecule has 0 bridgehead atoms. The Balaban J connectivity index is 1.60. The van der Waals surface area contributed by atoms with Crippen LogP contribution in [0, 0.1) is 13.8 Å². The Hall–Kier alpha value is -2.35. The van der Waals surface area contributed by atoms with Crippen LogP contribution in [0.3, 0.4) is 0 Å². The van der Waals surface area contributed by atoms with Crippen molar-refractivity contribution in [1.29, 1.82) is 0 Å². The molecule has 3 aromatic heterocycles. The number of nitrogens with one attached hydrogen (secondary N) is 1. The maximum absolute atomic E-state index is 12.3. The van der Waals surface area contributed by atoms with E-state index in [1.807, 2.05) is 25.3 Å². The topological polar surface area (TPSA) is 85.1 Å². The van der Waals surface area contributed by atoms with Crippen LogP contribution in [0.15, 0.2) is 11.4 Å². The average molecular weight is 314 g/mol. The number of thiazole rings is 1. The molecule has 0 aromatic carbocycles. The van der Waals surface area contributed by atoms with Gasteiger partial charge in [-0.05, 0) is 32.8 Å². The standard InChI is InChI=1S/C14H14N6OS/c1-7-5-8(2)20-13(15-7)17-11(19-20)12(21)18-14-16-10(6-22-14)9-3-4-9/h5-6,9H,3-4H2,1-2H3,(H,16,18,21). The Kier molecular flexibility index (Phi) is 2.93. The van der Waals surface area contributed by atoms with Gasteiger partial charge in [-0.2, -0.15) is 4.98 Å². The van der Waals surface area contributed by atoms with Gasteiger partial charge in [-0.1, -0.05) is 0 Å². The monoisotopic (exact) mass is 314 g/mol. The normalized spacial score (nSPS) is 14.5. The van der Waals surface area contributed by atoms with Crippen LogP contribution in [0.4, 0.5) is 5.13 Å². The fourth-order valence-corrected chi connectivity index (χ4v) is 3.11. The van der Waals surface area contributed by atoms with Crippen LogP contribution in [0.1, 0.15) is 46.5 Å². The first kappa shape index (κ1) is 13.3. The van der Waals surface area contributed by atoms with Gasteiger partial charge in [0.25, 0.3) is 11.7 Å². The van der Waals surface area contributed by atoms with E-state index in [9.17, 15) is 4.79 Å². The van der Waals surface area contributed by atoms with Crippen molar-refractivity contribution in [3.63, 3.8) is 0 Å². The van der Waals surface area contributed by atoms with E-state index in [0.717, 1.165) is 17.1 Å². The van der Waals surface area contributed by atoms with E-state index >= 15 is 0 Å². The molecule has 1 amide bonds. The molecule has 0 spiro atoms. The van der Waals surface area contributed by atoms with Gasteiger partial charge in [0.1, 0.15) is 0 Å². The number of nitrogens with zero attached hydrogens (tertiary/aromatic N) is 5. The zero-order chi connectivity index (χ0) is 15.3. The molecule has 0 atom stereocenters. The number of aryl methyl sites for hydroxylation is 2. The fourth-order valence-electron chi connectivity index (χ4n) is 2.33. The van der Waals surface area contributed by atoms with E-state index in [-0.39, 0.29) is 11.7 Å². The van der Waals surface area contributed by atoms with E-state index < -0.39 is 0 Å². The summed E-state index contributed by atoms with van der Waals surface area (Å²) in [6, 6.07) is 1.89. The van der Waals surface area contributed by atoms with Crippen LogP contribution >= 0.6 is 11.3 Å². The Morgan fingerprint density at radius 3 is 2.91 bits per heavy atom. The number of anilines is 1. The molecule has 3 aromatic rings. The number of aromatic nitrogens is 5. The molecule has 1 aliphatic rings. The highest BCUT2D eigenvalue weighted by Crippen LogP contribution is 2.40. The number of fused-ring (bicyclic) bond motifs is 1. The van der Waals surface area contributed by atoms with Crippen molar-refractivity contribution in [1.82, 2.24) is 24.6 Å². The maximum Gasteiger partial charge on any atom is 0.297 e. The molecule has 112 valence electrons. The molecule has 0 radical (unpaired) electrons. The number of amides is 1. The van der Waals surface area contributed by atoms with Crippen molar-refractivity contribution in [3.8, 4) is 0 Å². The largest absolute Gasteiger partial charge is 0.297 e. The van der Waals surface area contributed by atoms with Crippen LogP contribution in [0.5, 0.6) is 0 Å². The number of hydrogen-bond donors (Lipinski definition) is 1. The minimum atomic E-state index is -0.362. The molecule has 0 unspecified atom stereocenters. The van der Waals surface area contributed by atoms with Gasteiger partial charge in [-0.15, -0.1) is 16.4 Å². The van der Waals surface area contributed by atoms with Gasteiger partial charge >= 0.3 is 0 Å². The molecular formula is C14H14N6OS. The Labute approximate surface area is 130 Å². The molecule has 1 saturated carbocycles. The Bertz CT molecular complexity index is 879. The molecule has 1 aliphatic carbocycles. The molecular weight excluding hydrogens is 300 g/mol. The molecule has 7 nitrogen and oxygen atoms in total. The highest BCUT2D eigenvalue weighted by Gasteiger charge is 2.26. The van der Waals surface area contributed by atoms with Crippen LogP contribution in [0.25, 0.3) is 5.78 Å². The van der Waals surface area contributed by atoms with Crippen LogP contribution < -0.4 is 5.32 Å². The van der Waals surface area contributed by atoms with Gasteiger partial charge in [0, 0.05) is 22.7 Å². The summed E-state index contributed by atoms with van der Waals surface area (Å²) >= 11 is 1.43. The molecule has 0 aliphatic heterocycles. The number of carbonyl (C=O) groups is 1. The van der Waals surface area contributed by atoms with E-state index in [4.69, 9.17) is 0 Å². The molecule has 3 heterocycles. The zero-order valence-electron chi connectivity index (χ0n) is 12.2. The highest BCUT2D eigenvalue weighted by molar-refractivity contribution is 7.14. The molecule has 1 fully saturated rings. The highest BCUT2D eigenvalue weighted by atomic mass is 32.1. The Morgan fingerprint density at radius 1 is 1.32 bits per heavy atom. The van der Waals surface area contributed by atoms with E-state index in [1.165, 1.54) is 24.2 Å². The lowest BCUT2D eigenvalue weighted by molar-refractivity contribution is 0.101. The lowest BCUT2D eigenvalue weighted by atomic mass is 10.3. The molecule has 8 heteroatoms. The van der Waals surface area contributed by atoms with Crippen molar-refractivity contribution < 1.29 is 4.79 Å². The lowest BCUT2D eigenvalue weighted by Crippen LogP contribution is -2.14. The Morgan fingerprint density at radius 2 is 2.14 bits per heavy atom. The minimum Gasteiger partial charge on any atom is -0.295 e. The van der Waals surface area contributed by atoms with Gasteiger partial charge in [-0.25, -0.2) is 14.5 Å². The van der Waals surface area contributed by atoms with Gasteiger partial charge in [0.05, 0.1) is 5.69 Å².